The van der Waals surface area contributed by atoms with Crippen LogP contribution in [0, 0.1) is 12.7 Å². The second kappa shape index (κ2) is 12.4. The first-order valence-electron chi connectivity index (χ1n) is 10.4. The predicted octanol–water partition coefficient (Wildman–Crippen LogP) is 4.70. The van der Waals surface area contributed by atoms with Gasteiger partial charge in [0.25, 0.3) is 0 Å². The van der Waals surface area contributed by atoms with E-state index in [4.69, 9.17) is 0 Å². The summed E-state index contributed by atoms with van der Waals surface area (Å²) in [4.78, 5) is 27.1. The van der Waals surface area contributed by atoms with Crippen LogP contribution >= 0.6 is 11.8 Å². The number of hydrogen-bond donors (Lipinski definition) is 1. The number of carbonyl (C=O) groups excluding carboxylic acids is 2. The zero-order chi connectivity index (χ0) is 21.9. The van der Waals surface area contributed by atoms with Crippen molar-refractivity contribution in [1.29, 1.82) is 0 Å². The third-order valence-corrected chi connectivity index (χ3v) is 5.87. The van der Waals surface area contributed by atoms with Crippen LogP contribution in [0.2, 0.25) is 0 Å². The van der Waals surface area contributed by atoms with Crippen molar-refractivity contribution in [2.75, 3.05) is 12.3 Å². The molecule has 2 amide bonds. The second-order valence-corrected chi connectivity index (χ2v) is 8.43. The van der Waals surface area contributed by atoms with E-state index in [0.717, 1.165) is 29.7 Å². The van der Waals surface area contributed by atoms with Gasteiger partial charge in [0, 0.05) is 18.8 Å². The molecule has 2 aromatic rings. The highest BCUT2D eigenvalue weighted by atomic mass is 32.2. The fourth-order valence-corrected chi connectivity index (χ4v) is 3.80. The minimum Gasteiger partial charge on any atom is -0.354 e. The molecule has 30 heavy (non-hydrogen) atoms. The highest BCUT2D eigenvalue weighted by molar-refractivity contribution is 7.99. The van der Waals surface area contributed by atoms with Crippen LogP contribution in [0.25, 0.3) is 0 Å². The number of halogens is 1. The highest BCUT2D eigenvalue weighted by Gasteiger charge is 2.25. The van der Waals surface area contributed by atoms with Crippen LogP contribution in [0.4, 0.5) is 4.39 Å². The van der Waals surface area contributed by atoms with Crippen molar-refractivity contribution < 1.29 is 14.0 Å². The molecule has 0 fully saturated rings. The summed E-state index contributed by atoms with van der Waals surface area (Å²) in [6, 6.07) is 13.7. The number of aryl methyl sites for hydroxylation is 1. The summed E-state index contributed by atoms with van der Waals surface area (Å²) in [6.45, 7) is 6.71. The van der Waals surface area contributed by atoms with Gasteiger partial charge >= 0.3 is 0 Å². The van der Waals surface area contributed by atoms with Crippen molar-refractivity contribution in [1.82, 2.24) is 10.2 Å². The van der Waals surface area contributed by atoms with E-state index in [9.17, 15) is 14.0 Å². The quantitative estimate of drug-likeness (QED) is 0.526. The molecule has 2 aromatic carbocycles. The summed E-state index contributed by atoms with van der Waals surface area (Å²) >= 11 is 1.53. The van der Waals surface area contributed by atoms with Gasteiger partial charge in [-0.15, -0.1) is 11.8 Å². The minimum atomic E-state index is -0.598. The van der Waals surface area contributed by atoms with Crippen LogP contribution in [0.15, 0.2) is 48.5 Å². The molecule has 0 aliphatic rings. The van der Waals surface area contributed by atoms with Crippen molar-refractivity contribution >= 4 is 23.6 Å². The van der Waals surface area contributed by atoms with Crippen LogP contribution in [-0.4, -0.2) is 35.1 Å². The molecule has 1 atom stereocenters. The van der Waals surface area contributed by atoms with Crippen LogP contribution in [-0.2, 0) is 21.9 Å². The lowest BCUT2D eigenvalue weighted by atomic mass is 10.1. The molecule has 0 unspecified atom stereocenters. The summed E-state index contributed by atoms with van der Waals surface area (Å²) in [6.07, 6.45) is 1.89. The average Bonchev–Trinajstić information content (AvgIpc) is 2.74. The second-order valence-electron chi connectivity index (χ2n) is 7.45. The van der Waals surface area contributed by atoms with E-state index in [-0.39, 0.29) is 29.9 Å². The Balaban J connectivity index is 2.02. The van der Waals surface area contributed by atoms with Gasteiger partial charge in [-0.3, -0.25) is 9.59 Å². The number of nitrogens with one attached hydrogen (secondary N) is 1. The fraction of sp³-hybridized carbons (Fsp3) is 0.417. The van der Waals surface area contributed by atoms with E-state index < -0.39 is 6.04 Å². The van der Waals surface area contributed by atoms with Crippen molar-refractivity contribution in [2.45, 2.75) is 52.0 Å². The van der Waals surface area contributed by atoms with Crippen molar-refractivity contribution in [3.63, 3.8) is 0 Å². The molecule has 0 saturated carbocycles. The van der Waals surface area contributed by atoms with Gasteiger partial charge in [0.15, 0.2) is 0 Å². The predicted molar refractivity (Wildman–Crippen MR) is 122 cm³/mol. The van der Waals surface area contributed by atoms with E-state index in [1.807, 2.05) is 6.92 Å². The number of rotatable bonds is 11. The molecule has 0 aliphatic carbocycles. The SMILES string of the molecule is CCCCNC(=O)[C@@H](C)N(Cc1ccc(F)cc1)C(=O)CSCc1ccc(C)cc1. The summed E-state index contributed by atoms with van der Waals surface area (Å²) in [5, 5.41) is 2.90. The molecular formula is C24H31FN2O2S. The molecule has 0 spiro atoms. The Labute approximate surface area is 183 Å². The van der Waals surface area contributed by atoms with E-state index in [0.29, 0.717) is 6.54 Å². The van der Waals surface area contributed by atoms with Gasteiger partial charge < -0.3 is 10.2 Å². The number of carbonyl (C=O) groups is 2. The Bertz CT molecular complexity index is 809. The van der Waals surface area contributed by atoms with E-state index in [1.54, 1.807) is 24.0 Å². The van der Waals surface area contributed by atoms with Crippen LogP contribution in [0.5, 0.6) is 0 Å². The molecule has 0 bridgehead atoms. The molecule has 6 heteroatoms. The first kappa shape index (κ1) is 23.9. The highest BCUT2D eigenvalue weighted by Crippen LogP contribution is 2.17. The molecule has 4 nitrogen and oxygen atoms in total. The maximum atomic E-state index is 13.2. The maximum absolute atomic E-state index is 13.2. The molecular weight excluding hydrogens is 399 g/mol. The van der Waals surface area contributed by atoms with Crippen LogP contribution in [0.3, 0.4) is 0 Å². The number of hydrogen-bond acceptors (Lipinski definition) is 3. The van der Waals surface area contributed by atoms with Crippen molar-refractivity contribution in [3.05, 3.63) is 71.0 Å². The minimum absolute atomic E-state index is 0.102. The molecule has 1 N–H and O–H groups in total. The normalized spacial score (nSPS) is 11.7. The smallest absolute Gasteiger partial charge is 0.242 e. The first-order chi connectivity index (χ1) is 14.4. The summed E-state index contributed by atoms with van der Waals surface area (Å²) in [5.74, 6) is 0.419. The van der Waals surface area contributed by atoms with Crippen molar-refractivity contribution in [2.24, 2.45) is 0 Å². The standard InChI is InChI=1S/C24H31FN2O2S/c1-4-5-14-26-24(29)19(3)27(15-20-10-12-22(25)13-11-20)23(28)17-30-16-21-8-6-18(2)7-9-21/h6-13,19H,4-5,14-17H2,1-3H3,(H,26,29)/t19-/m1/s1. The maximum Gasteiger partial charge on any atom is 0.242 e. The zero-order valence-corrected chi connectivity index (χ0v) is 18.8. The lowest BCUT2D eigenvalue weighted by Crippen LogP contribution is -2.48. The van der Waals surface area contributed by atoms with Gasteiger partial charge in [0.1, 0.15) is 11.9 Å². The van der Waals surface area contributed by atoms with Gasteiger partial charge in [-0.25, -0.2) is 4.39 Å². The Kier molecular flexibility index (Phi) is 9.87. The summed E-state index contributed by atoms with van der Waals surface area (Å²) < 4.78 is 13.2. The van der Waals surface area contributed by atoms with E-state index in [2.05, 4.69) is 36.5 Å². The van der Waals surface area contributed by atoms with Crippen molar-refractivity contribution in [3.8, 4) is 0 Å². The fourth-order valence-electron chi connectivity index (χ4n) is 2.93. The van der Waals surface area contributed by atoms with E-state index >= 15 is 0 Å². The van der Waals surface area contributed by atoms with Crippen LogP contribution in [0.1, 0.15) is 43.4 Å². The van der Waals surface area contributed by atoms with E-state index in [1.165, 1.54) is 29.5 Å². The summed E-state index contributed by atoms with van der Waals surface area (Å²) in [5.41, 5.74) is 3.16. The third kappa shape index (κ3) is 7.82. The lowest BCUT2D eigenvalue weighted by molar-refractivity contribution is -0.138. The third-order valence-electron chi connectivity index (χ3n) is 4.88. The van der Waals surface area contributed by atoms with Gasteiger partial charge in [0.2, 0.25) is 11.8 Å². The number of nitrogens with zero attached hydrogens (tertiary/aromatic N) is 1. The molecule has 0 aliphatic heterocycles. The number of unbranched alkanes of at least 4 members (excludes halogenated alkanes) is 1. The Hall–Kier alpha value is -2.34. The lowest BCUT2D eigenvalue weighted by Gasteiger charge is -2.28. The topological polar surface area (TPSA) is 49.4 Å². The molecule has 0 radical (unpaired) electrons. The number of benzene rings is 2. The van der Waals surface area contributed by atoms with Crippen LogP contribution < -0.4 is 5.32 Å². The largest absolute Gasteiger partial charge is 0.354 e. The zero-order valence-electron chi connectivity index (χ0n) is 18.0. The average molecular weight is 431 g/mol. The molecule has 162 valence electrons. The Morgan fingerprint density at radius 2 is 1.70 bits per heavy atom. The van der Waals surface area contributed by atoms with Gasteiger partial charge in [-0.2, -0.15) is 0 Å². The Morgan fingerprint density at radius 1 is 1.07 bits per heavy atom. The van der Waals surface area contributed by atoms with Gasteiger partial charge in [-0.1, -0.05) is 55.3 Å². The molecule has 0 heterocycles. The molecule has 0 aromatic heterocycles. The number of thioether (sulfide) groups is 1. The first-order valence-corrected chi connectivity index (χ1v) is 11.5. The van der Waals surface area contributed by atoms with Gasteiger partial charge in [0.05, 0.1) is 5.75 Å². The Morgan fingerprint density at radius 3 is 2.33 bits per heavy atom. The molecule has 2 rings (SSSR count). The monoisotopic (exact) mass is 430 g/mol. The number of amides is 2. The van der Waals surface area contributed by atoms with Gasteiger partial charge in [-0.05, 0) is 43.5 Å². The summed E-state index contributed by atoms with van der Waals surface area (Å²) in [7, 11) is 0. The molecule has 0 saturated heterocycles.